The Morgan fingerprint density at radius 3 is 2.31 bits per heavy atom. The van der Waals surface area contributed by atoms with Crippen molar-refractivity contribution >= 4 is 5.69 Å². The van der Waals surface area contributed by atoms with Crippen molar-refractivity contribution < 1.29 is 9.66 Å². The van der Waals surface area contributed by atoms with Gasteiger partial charge >= 0.3 is 0 Å². The summed E-state index contributed by atoms with van der Waals surface area (Å²) in [6.45, 7) is 3.99. The molecule has 136 valence electrons. The first-order valence-corrected chi connectivity index (χ1v) is 8.86. The fraction of sp³-hybridized carbons (Fsp3) is 0.333. The predicted octanol–water partition coefficient (Wildman–Crippen LogP) is 4.63. The van der Waals surface area contributed by atoms with Gasteiger partial charge in [-0.25, -0.2) is 0 Å². The fourth-order valence-electron chi connectivity index (χ4n) is 3.89. The molecule has 0 amide bonds. The van der Waals surface area contributed by atoms with E-state index in [2.05, 4.69) is 6.20 Å². The van der Waals surface area contributed by atoms with Crippen molar-refractivity contribution in [1.82, 2.24) is 0 Å². The molecular formula is C21H24N2O3. The van der Waals surface area contributed by atoms with E-state index < -0.39 is 6.04 Å². The van der Waals surface area contributed by atoms with Crippen LogP contribution in [-0.2, 0) is 0 Å². The maximum Gasteiger partial charge on any atom is 0.243 e. The zero-order valence-corrected chi connectivity index (χ0v) is 15.3. The summed E-state index contributed by atoms with van der Waals surface area (Å²) in [4.78, 5) is 14.0. The Bertz CT molecular complexity index is 787. The molecule has 2 aromatic carbocycles. The molecule has 1 aliphatic heterocycles. The number of nitro groups is 1. The molecule has 0 saturated heterocycles. The topological polar surface area (TPSA) is 55.6 Å². The van der Waals surface area contributed by atoms with E-state index in [0.717, 1.165) is 22.6 Å². The van der Waals surface area contributed by atoms with Gasteiger partial charge in [-0.15, -0.1) is 0 Å². The van der Waals surface area contributed by atoms with Crippen molar-refractivity contribution in [3.05, 3.63) is 82.0 Å². The normalized spacial score (nSPS) is 22.7. The Balaban J connectivity index is 2.07. The maximum atomic E-state index is 12.1. The average molecular weight is 352 g/mol. The van der Waals surface area contributed by atoms with Crippen LogP contribution >= 0.6 is 0 Å². The molecule has 0 spiro atoms. The van der Waals surface area contributed by atoms with Crippen LogP contribution in [0.25, 0.3) is 0 Å². The van der Waals surface area contributed by atoms with Crippen molar-refractivity contribution in [2.45, 2.75) is 38.3 Å². The number of benzene rings is 2. The fourth-order valence-corrected chi connectivity index (χ4v) is 3.89. The molecule has 0 radical (unpaired) electrons. The second kappa shape index (κ2) is 7.60. The van der Waals surface area contributed by atoms with Gasteiger partial charge in [0.05, 0.1) is 13.0 Å². The van der Waals surface area contributed by atoms with E-state index in [4.69, 9.17) is 4.74 Å². The number of rotatable bonds is 5. The monoisotopic (exact) mass is 352 g/mol. The van der Waals surface area contributed by atoms with Crippen LogP contribution in [-0.4, -0.2) is 24.1 Å². The van der Waals surface area contributed by atoms with E-state index in [-0.39, 0.29) is 16.9 Å². The quantitative estimate of drug-likeness (QED) is 0.582. The minimum Gasteiger partial charge on any atom is -0.497 e. The standard InChI is InChI=1S/C21H24N2O3/c1-4-19-21(23(24)25)20(16-8-6-5-7-9-16)15(2)14-22(19)17-10-12-18(26-3)13-11-17/h5-14,19-21H,4H2,1-3H3. The highest BCUT2D eigenvalue weighted by Gasteiger charge is 2.45. The van der Waals surface area contributed by atoms with Crippen molar-refractivity contribution in [3.63, 3.8) is 0 Å². The molecule has 1 aliphatic rings. The summed E-state index contributed by atoms with van der Waals surface area (Å²) in [5, 5.41) is 12.1. The summed E-state index contributed by atoms with van der Waals surface area (Å²) >= 11 is 0. The van der Waals surface area contributed by atoms with Gasteiger partial charge in [0.2, 0.25) is 6.04 Å². The number of methoxy groups -OCH3 is 1. The van der Waals surface area contributed by atoms with Crippen molar-refractivity contribution in [2.24, 2.45) is 0 Å². The molecule has 2 aromatic rings. The van der Waals surface area contributed by atoms with Gasteiger partial charge in [0.1, 0.15) is 11.8 Å². The lowest BCUT2D eigenvalue weighted by molar-refractivity contribution is -0.529. The Morgan fingerprint density at radius 2 is 1.77 bits per heavy atom. The van der Waals surface area contributed by atoms with Crippen LogP contribution in [0.2, 0.25) is 0 Å². The van der Waals surface area contributed by atoms with E-state index in [0.29, 0.717) is 6.42 Å². The molecule has 3 unspecified atom stereocenters. The zero-order chi connectivity index (χ0) is 18.7. The van der Waals surface area contributed by atoms with Crippen LogP contribution in [0.15, 0.2) is 66.4 Å². The molecule has 3 atom stereocenters. The number of anilines is 1. The summed E-state index contributed by atoms with van der Waals surface area (Å²) in [5.41, 5.74) is 2.93. The molecule has 26 heavy (non-hydrogen) atoms. The summed E-state index contributed by atoms with van der Waals surface area (Å²) in [6, 6.07) is 16.5. The summed E-state index contributed by atoms with van der Waals surface area (Å²) in [5.74, 6) is 0.554. The lowest BCUT2D eigenvalue weighted by Crippen LogP contribution is -2.51. The van der Waals surface area contributed by atoms with E-state index >= 15 is 0 Å². The molecular weight excluding hydrogens is 328 g/mol. The SMILES string of the molecule is CCC1C([N+](=O)[O-])C(c2ccccc2)C(C)=CN1c1ccc(OC)cc1. The van der Waals surface area contributed by atoms with Crippen LogP contribution in [0.5, 0.6) is 5.75 Å². The highest BCUT2D eigenvalue weighted by Crippen LogP contribution is 2.39. The second-order valence-corrected chi connectivity index (χ2v) is 6.62. The van der Waals surface area contributed by atoms with Gasteiger partial charge in [-0.2, -0.15) is 0 Å². The molecule has 0 fully saturated rings. The smallest absolute Gasteiger partial charge is 0.243 e. The third kappa shape index (κ3) is 3.29. The minimum absolute atomic E-state index is 0.112. The van der Waals surface area contributed by atoms with E-state index in [9.17, 15) is 10.1 Å². The maximum absolute atomic E-state index is 12.1. The van der Waals surface area contributed by atoms with Crippen molar-refractivity contribution in [1.29, 1.82) is 0 Å². The van der Waals surface area contributed by atoms with Gasteiger partial charge < -0.3 is 9.64 Å². The average Bonchev–Trinajstić information content (AvgIpc) is 2.67. The minimum atomic E-state index is -0.700. The first kappa shape index (κ1) is 18.0. The van der Waals surface area contributed by atoms with Crippen LogP contribution in [0, 0.1) is 10.1 Å². The third-order valence-electron chi connectivity index (χ3n) is 5.12. The Kier molecular flexibility index (Phi) is 5.26. The predicted molar refractivity (Wildman–Crippen MR) is 103 cm³/mol. The molecule has 3 rings (SSSR count). The highest BCUT2D eigenvalue weighted by molar-refractivity contribution is 5.55. The number of nitrogens with zero attached hydrogens (tertiary/aromatic N) is 2. The third-order valence-corrected chi connectivity index (χ3v) is 5.12. The van der Waals surface area contributed by atoms with Gasteiger partial charge in [-0.05, 0) is 48.7 Å². The first-order valence-electron chi connectivity index (χ1n) is 8.86. The van der Waals surface area contributed by atoms with Gasteiger partial charge in [0.25, 0.3) is 0 Å². The molecule has 0 N–H and O–H groups in total. The van der Waals surface area contributed by atoms with E-state index in [1.165, 1.54) is 0 Å². The van der Waals surface area contributed by atoms with Gasteiger partial charge in [-0.3, -0.25) is 10.1 Å². The van der Waals surface area contributed by atoms with Crippen molar-refractivity contribution in [3.8, 4) is 5.75 Å². The summed E-state index contributed by atoms with van der Waals surface area (Å²) in [6.07, 6.45) is 2.75. The van der Waals surface area contributed by atoms with E-state index in [1.54, 1.807) is 7.11 Å². The highest BCUT2D eigenvalue weighted by atomic mass is 16.6. The van der Waals surface area contributed by atoms with Gasteiger partial charge in [0.15, 0.2) is 0 Å². The van der Waals surface area contributed by atoms with E-state index in [1.807, 2.05) is 73.3 Å². The van der Waals surface area contributed by atoms with Crippen LogP contribution in [0.1, 0.15) is 31.7 Å². The molecule has 0 aromatic heterocycles. The Labute approximate surface area is 154 Å². The lowest BCUT2D eigenvalue weighted by atomic mass is 9.78. The second-order valence-electron chi connectivity index (χ2n) is 6.62. The molecule has 0 aliphatic carbocycles. The summed E-state index contributed by atoms with van der Waals surface area (Å²) < 4.78 is 5.22. The Morgan fingerprint density at radius 1 is 1.12 bits per heavy atom. The molecule has 0 saturated carbocycles. The number of ether oxygens (including phenoxy) is 1. The number of hydrogen-bond donors (Lipinski definition) is 0. The molecule has 5 nitrogen and oxygen atoms in total. The van der Waals surface area contributed by atoms with Crippen LogP contribution in [0.4, 0.5) is 5.69 Å². The lowest BCUT2D eigenvalue weighted by Gasteiger charge is -2.40. The first-order chi connectivity index (χ1) is 12.6. The summed E-state index contributed by atoms with van der Waals surface area (Å²) in [7, 11) is 1.63. The van der Waals surface area contributed by atoms with Crippen molar-refractivity contribution in [2.75, 3.05) is 12.0 Å². The molecule has 1 heterocycles. The van der Waals surface area contributed by atoms with Gasteiger partial charge in [-0.1, -0.05) is 37.3 Å². The Hall–Kier alpha value is -2.82. The molecule has 0 bridgehead atoms. The largest absolute Gasteiger partial charge is 0.497 e. The van der Waals surface area contributed by atoms with Gasteiger partial charge in [0, 0.05) is 16.8 Å². The molecule has 5 heteroatoms. The van der Waals surface area contributed by atoms with Crippen LogP contribution in [0.3, 0.4) is 0 Å². The van der Waals surface area contributed by atoms with Crippen LogP contribution < -0.4 is 9.64 Å². The zero-order valence-electron chi connectivity index (χ0n) is 15.3. The number of hydrogen-bond acceptors (Lipinski definition) is 4.